The van der Waals surface area contributed by atoms with Gasteiger partial charge in [0, 0.05) is 32.5 Å². The lowest BCUT2D eigenvalue weighted by molar-refractivity contribution is 0.0000261. The van der Waals surface area contributed by atoms with Gasteiger partial charge in [-0.3, -0.25) is 0 Å². The number of aromatic nitrogens is 1. The molecule has 2 atom stereocenters. The van der Waals surface area contributed by atoms with Crippen LogP contribution in [-0.2, 0) is 4.74 Å². The summed E-state index contributed by atoms with van der Waals surface area (Å²) in [4.78, 5) is 30.1. The molecule has 10 nitrogen and oxygen atoms in total. The van der Waals surface area contributed by atoms with Crippen LogP contribution in [-0.4, -0.2) is 83.9 Å². The van der Waals surface area contributed by atoms with Gasteiger partial charge in [0.25, 0.3) is 0 Å². The number of β-amino-alcohol motifs (C(OH)–C–C–N with tert-alkyl or cyclic N) is 1. The highest BCUT2D eigenvalue weighted by Crippen LogP contribution is 2.47. The Labute approximate surface area is 241 Å². The molecule has 1 N–H and O–H groups in total. The van der Waals surface area contributed by atoms with Crippen molar-refractivity contribution in [3.05, 3.63) is 66.9 Å². The van der Waals surface area contributed by atoms with Gasteiger partial charge in [0.05, 0.1) is 37.4 Å². The summed E-state index contributed by atoms with van der Waals surface area (Å²) in [7, 11) is 3.83. The number of anilines is 3. The monoisotopic (exact) mass is 558 g/mol. The number of aliphatic hydroxyl groups excluding tert-OH is 1. The van der Waals surface area contributed by atoms with E-state index in [2.05, 4.69) is 19.8 Å². The summed E-state index contributed by atoms with van der Waals surface area (Å²) in [5.74, 6) is 2.09. The summed E-state index contributed by atoms with van der Waals surface area (Å²) in [6.07, 6.45) is 2.92. The van der Waals surface area contributed by atoms with Crippen LogP contribution in [0, 0.1) is 0 Å². The number of para-hydroxylation sites is 1. The van der Waals surface area contributed by atoms with E-state index in [1.807, 2.05) is 100 Å². The van der Waals surface area contributed by atoms with E-state index in [-0.39, 0.29) is 12.6 Å². The van der Waals surface area contributed by atoms with Crippen LogP contribution in [0.4, 0.5) is 27.7 Å². The molecule has 1 saturated heterocycles. The highest BCUT2D eigenvalue weighted by atomic mass is 16.6. The molecule has 41 heavy (non-hydrogen) atoms. The van der Waals surface area contributed by atoms with Gasteiger partial charge < -0.3 is 34.2 Å². The SMILES string of the molecule is CN(C)/C=N\c1nccc2c1N(c1ccc(Oc3ccccc3)cc1)CN2[C@@H]1C[C@@H](O)CN(C(=O)OC(C)(C)C)C1. The summed E-state index contributed by atoms with van der Waals surface area (Å²) in [6.45, 7) is 6.71. The molecule has 0 radical (unpaired) electrons. The molecule has 0 spiro atoms. The minimum atomic E-state index is -0.666. The van der Waals surface area contributed by atoms with E-state index < -0.39 is 17.8 Å². The molecule has 2 aliphatic heterocycles. The summed E-state index contributed by atoms with van der Waals surface area (Å²) in [6, 6.07) is 19.4. The van der Waals surface area contributed by atoms with Crippen molar-refractivity contribution >= 4 is 35.3 Å². The molecule has 10 heteroatoms. The third kappa shape index (κ3) is 6.71. The van der Waals surface area contributed by atoms with Gasteiger partial charge in [-0.2, -0.15) is 0 Å². The first-order valence-electron chi connectivity index (χ1n) is 13.8. The van der Waals surface area contributed by atoms with Gasteiger partial charge in [0.2, 0.25) is 0 Å². The first-order chi connectivity index (χ1) is 19.6. The van der Waals surface area contributed by atoms with Crippen LogP contribution >= 0.6 is 0 Å². The second kappa shape index (κ2) is 11.7. The van der Waals surface area contributed by atoms with Crippen LogP contribution in [0.5, 0.6) is 11.5 Å². The zero-order valence-corrected chi connectivity index (χ0v) is 24.3. The van der Waals surface area contributed by atoms with Crippen LogP contribution in [0.2, 0.25) is 0 Å². The molecule has 1 fully saturated rings. The van der Waals surface area contributed by atoms with Crippen molar-refractivity contribution in [1.82, 2.24) is 14.8 Å². The van der Waals surface area contributed by atoms with Crippen molar-refractivity contribution in [1.29, 1.82) is 0 Å². The Hall–Kier alpha value is -4.31. The number of nitrogens with zero attached hydrogens (tertiary/aromatic N) is 6. The maximum Gasteiger partial charge on any atom is 0.410 e. The Morgan fingerprint density at radius 1 is 1.05 bits per heavy atom. The van der Waals surface area contributed by atoms with Crippen LogP contribution in [0.1, 0.15) is 27.2 Å². The maximum atomic E-state index is 12.9. The Bertz CT molecular complexity index is 1370. The van der Waals surface area contributed by atoms with Gasteiger partial charge in [0.15, 0.2) is 5.82 Å². The first kappa shape index (κ1) is 28.2. The summed E-state index contributed by atoms with van der Waals surface area (Å²) in [5, 5.41) is 10.8. The predicted octanol–water partition coefficient (Wildman–Crippen LogP) is 5.38. The van der Waals surface area contributed by atoms with Gasteiger partial charge in [-0.15, -0.1) is 0 Å². The average Bonchev–Trinajstić information content (AvgIpc) is 3.32. The largest absolute Gasteiger partial charge is 0.457 e. The van der Waals surface area contributed by atoms with Gasteiger partial charge in [-0.05, 0) is 69.7 Å². The number of benzene rings is 2. The number of likely N-dealkylation sites (tertiary alicyclic amines) is 1. The summed E-state index contributed by atoms with van der Waals surface area (Å²) in [5.41, 5.74) is 2.14. The van der Waals surface area contributed by atoms with Gasteiger partial charge in [-0.25, -0.2) is 14.8 Å². The van der Waals surface area contributed by atoms with Crippen molar-refractivity contribution in [3.63, 3.8) is 0 Å². The molecule has 3 heterocycles. The van der Waals surface area contributed by atoms with Crippen LogP contribution in [0.3, 0.4) is 0 Å². The molecule has 0 saturated carbocycles. The quantitative estimate of drug-likeness (QED) is 0.318. The number of carbonyl (C=O) groups excluding carboxylic acids is 1. The molecule has 3 aromatic rings. The zero-order valence-electron chi connectivity index (χ0n) is 24.3. The number of rotatable bonds is 6. The van der Waals surface area contributed by atoms with E-state index in [0.717, 1.165) is 28.6 Å². The maximum absolute atomic E-state index is 12.9. The van der Waals surface area contributed by atoms with E-state index in [0.29, 0.717) is 25.5 Å². The molecule has 2 aromatic carbocycles. The molecule has 0 aliphatic carbocycles. The zero-order chi connectivity index (χ0) is 29.1. The fourth-order valence-electron chi connectivity index (χ4n) is 5.08. The van der Waals surface area contributed by atoms with E-state index >= 15 is 0 Å². The fourth-order valence-corrected chi connectivity index (χ4v) is 5.08. The highest BCUT2D eigenvalue weighted by molar-refractivity contribution is 5.90. The lowest BCUT2D eigenvalue weighted by atomic mass is 10.0. The summed E-state index contributed by atoms with van der Waals surface area (Å²) < 4.78 is 11.6. The second-order valence-corrected chi connectivity index (χ2v) is 11.6. The number of pyridine rings is 1. The van der Waals surface area contributed by atoms with Gasteiger partial charge >= 0.3 is 6.09 Å². The Kier molecular flexibility index (Phi) is 8.03. The van der Waals surface area contributed by atoms with E-state index in [4.69, 9.17) is 9.47 Å². The number of ether oxygens (including phenoxy) is 2. The number of carbonyl (C=O) groups is 1. The Morgan fingerprint density at radius 3 is 2.44 bits per heavy atom. The molecular formula is C31H38N6O4. The van der Waals surface area contributed by atoms with Crippen molar-refractivity contribution in [2.45, 2.75) is 44.9 Å². The molecule has 0 unspecified atom stereocenters. The van der Waals surface area contributed by atoms with Crippen molar-refractivity contribution in [2.75, 3.05) is 43.7 Å². The van der Waals surface area contributed by atoms with E-state index in [1.54, 1.807) is 17.4 Å². The number of fused-ring (bicyclic) bond motifs is 1. The second-order valence-electron chi connectivity index (χ2n) is 11.6. The van der Waals surface area contributed by atoms with Crippen molar-refractivity contribution in [2.24, 2.45) is 4.99 Å². The van der Waals surface area contributed by atoms with Crippen LogP contribution in [0.25, 0.3) is 0 Å². The average molecular weight is 559 g/mol. The molecule has 216 valence electrons. The lowest BCUT2D eigenvalue weighted by Crippen LogP contribution is -2.55. The predicted molar refractivity (Wildman–Crippen MR) is 161 cm³/mol. The van der Waals surface area contributed by atoms with E-state index in [9.17, 15) is 9.90 Å². The molecular weight excluding hydrogens is 520 g/mol. The topological polar surface area (TPSA) is 94.0 Å². The smallest absolute Gasteiger partial charge is 0.410 e. The Morgan fingerprint density at radius 2 is 1.76 bits per heavy atom. The molecule has 1 aromatic heterocycles. The molecule has 0 bridgehead atoms. The number of amides is 1. The standard InChI is InChI=1S/C31H38N6O4/c1-31(2,3)41-30(39)35-18-23(17-24(38)19-35)36-21-37(28-27(36)15-16-32-29(28)33-20-34(4)5)22-11-13-26(14-12-22)40-25-9-7-6-8-10-25/h6-16,20,23-24,38H,17-19,21H2,1-5H3/b33-20-/t23-,24-/m1/s1. The Balaban J connectivity index is 1.45. The molecule has 2 aliphatic rings. The number of hydrogen-bond acceptors (Lipinski definition) is 8. The molecule has 5 rings (SSSR count). The van der Waals surface area contributed by atoms with Crippen LogP contribution < -0.4 is 14.5 Å². The number of piperidine rings is 1. The summed E-state index contributed by atoms with van der Waals surface area (Å²) >= 11 is 0. The van der Waals surface area contributed by atoms with Crippen molar-refractivity contribution in [3.8, 4) is 11.5 Å². The number of hydrogen-bond donors (Lipinski definition) is 1. The van der Waals surface area contributed by atoms with Crippen molar-refractivity contribution < 1.29 is 19.4 Å². The third-order valence-electron chi connectivity index (χ3n) is 6.79. The van der Waals surface area contributed by atoms with Gasteiger partial charge in [0.1, 0.15) is 22.8 Å². The van der Waals surface area contributed by atoms with E-state index in [1.165, 1.54) is 0 Å². The number of aliphatic imine (C=N–C) groups is 1. The number of aliphatic hydroxyl groups is 1. The lowest BCUT2D eigenvalue weighted by Gasteiger charge is -2.41. The minimum Gasteiger partial charge on any atom is -0.457 e. The normalized spacial score (nSPS) is 18.9. The van der Waals surface area contributed by atoms with Crippen LogP contribution in [0.15, 0.2) is 71.9 Å². The molecule has 1 amide bonds. The fraction of sp³-hybridized carbons (Fsp3) is 0.387. The third-order valence-corrected chi connectivity index (χ3v) is 6.79. The minimum absolute atomic E-state index is 0.135. The first-order valence-corrected chi connectivity index (χ1v) is 13.8. The van der Waals surface area contributed by atoms with Gasteiger partial charge in [-0.1, -0.05) is 18.2 Å². The highest BCUT2D eigenvalue weighted by Gasteiger charge is 2.40.